The van der Waals surface area contributed by atoms with E-state index in [1.165, 1.54) is 12.1 Å². The SMILES string of the molecule is Cc1c(Cl)cccc1NC(=O)CCN(C)Cc1cc2cc(F)ccc2[nH]1. The first kappa shape index (κ1) is 18.4. The van der Waals surface area contributed by atoms with E-state index >= 15 is 0 Å². The van der Waals surface area contributed by atoms with Gasteiger partial charge >= 0.3 is 0 Å². The highest BCUT2D eigenvalue weighted by Crippen LogP contribution is 2.23. The second kappa shape index (κ2) is 7.89. The molecular formula is C20H21ClFN3O. The number of carbonyl (C=O) groups is 1. The van der Waals surface area contributed by atoms with Gasteiger partial charge in [0.25, 0.3) is 0 Å². The number of hydrogen-bond donors (Lipinski definition) is 2. The summed E-state index contributed by atoms with van der Waals surface area (Å²) in [4.78, 5) is 17.5. The van der Waals surface area contributed by atoms with Gasteiger partial charge in [0.15, 0.2) is 0 Å². The van der Waals surface area contributed by atoms with Crippen molar-refractivity contribution in [3.63, 3.8) is 0 Å². The van der Waals surface area contributed by atoms with Gasteiger partial charge in [-0.25, -0.2) is 4.39 Å². The fourth-order valence-corrected chi connectivity index (χ4v) is 3.04. The Labute approximate surface area is 157 Å². The lowest BCUT2D eigenvalue weighted by Crippen LogP contribution is -2.24. The van der Waals surface area contributed by atoms with E-state index in [9.17, 15) is 9.18 Å². The van der Waals surface area contributed by atoms with E-state index in [0.29, 0.717) is 24.5 Å². The van der Waals surface area contributed by atoms with E-state index in [1.807, 2.05) is 37.1 Å². The van der Waals surface area contributed by atoms with Crippen molar-refractivity contribution in [1.82, 2.24) is 9.88 Å². The van der Waals surface area contributed by atoms with Gasteiger partial charge in [-0.05, 0) is 55.9 Å². The van der Waals surface area contributed by atoms with E-state index in [4.69, 9.17) is 11.6 Å². The number of rotatable bonds is 6. The standard InChI is InChI=1S/C20H21ClFN3O/c1-13-17(21)4-3-5-18(13)24-20(26)8-9-25(2)12-16-11-14-10-15(22)6-7-19(14)23-16/h3-7,10-11,23H,8-9,12H2,1-2H3,(H,24,26). The lowest BCUT2D eigenvalue weighted by molar-refractivity contribution is -0.116. The molecule has 6 heteroatoms. The average Bonchev–Trinajstić information content (AvgIpc) is 2.98. The summed E-state index contributed by atoms with van der Waals surface area (Å²) >= 11 is 6.07. The molecule has 3 aromatic rings. The Hall–Kier alpha value is -2.37. The number of hydrogen-bond acceptors (Lipinski definition) is 2. The lowest BCUT2D eigenvalue weighted by atomic mass is 10.2. The van der Waals surface area contributed by atoms with Crippen LogP contribution in [0.15, 0.2) is 42.5 Å². The third-order valence-corrected chi connectivity index (χ3v) is 4.75. The summed E-state index contributed by atoms with van der Waals surface area (Å²) in [7, 11) is 1.95. The van der Waals surface area contributed by atoms with Crippen LogP contribution in [0.3, 0.4) is 0 Å². The molecule has 1 amide bonds. The largest absolute Gasteiger partial charge is 0.357 e. The van der Waals surface area contributed by atoms with Crippen LogP contribution in [0.5, 0.6) is 0 Å². The van der Waals surface area contributed by atoms with Gasteiger partial charge in [-0.2, -0.15) is 0 Å². The molecule has 2 N–H and O–H groups in total. The highest BCUT2D eigenvalue weighted by atomic mass is 35.5. The van der Waals surface area contributed by atoms with E-state index in [1.54, 1.807) is 12.1 Å². The minimum absolute atomic E-state index is 0.0547. The molecule has 0 aliphatic heterocycles. The molecule has 0 bridgehead atoms. The molecule has 1 aromatic heterocycles. The van der Waals surface area contributed by atoms with Crippen LogP contribution < -0.4 is 5.32 Å². The Bertz CT molecular complexity index is 938. The fourth-order valence-electron chi connectivity index (χ4n) is 2.87. The van der Waals surface area contributed by atoms with Crippen molar-refractivity contribution in [1.29, 1.82) is 0 Å². The fraction of sp³-hybridized carbons (Fsp3) is 0.250. The second-order valence-corrected chi connectivity index (χ2v) is 6.88. The number of anilines is 1. The monoisotopic (exact) mass is 373 g/mol. The lowest BCUT2D eigenvalue weighted by Gasteiger charge is -2.16. The molecule has 0 radical (unpaired) electrons. The summed E-state index contributed by atoms with van der Waals surface area (Å²) in [5.41, 5.74) is 3.49. The molecule has 0 fully saturated rings. The molecule has 26 heavy (non-hydrogen) atoms. The highest BCUT2D eigenvalue weighted by molar-refractivity contribution is 6.31. The van der Waals surface area contributed by atoms with Gasteiger partial charge < -0.3 is 15.2 Å². The summed E-state index contributed by atoms with van der Waals surface area (Å²) in [5, 5.41) is 4.38. The summed E-state index contributed by atoms with van der Waals surface area (Å²) in [6, 6.07) is 12.1. The Balaban J connectivity index is 1.53. The summed E-state index contributed by atoms with van der Waals surface area (Å²) in [6.45, 7) is 3.14. The first-order chi connectivity index (χ1) is 12.4. The quantitative estimate of drug-likeness (QED) is 0.656. The maximum atomic E-state index is 13.3. The van der Waals surface area contributed by atoms with Crippen molar-refractivity contribution in [2.75, 3.05) is 18.9 Å². The Morgan fingerprint density at radius 3 is 2.88 bits per heavy atom. The molecular weight excluding hydrogens is 353 g/mol. The normalized spacial score (nSPS) is 11.3. The van der Waals surface area contributed by atoms with E-state index in [0.717, 1.165) is 27.8 Å². The smallest absolute Gasteiger partial charge is 0.225 e. The van der Waals surface area contributed by atoms with Crippen molar-refractivity contribution in [3.8, 4) is 0 Å². The summed E-state index contributed by atoms with van der Waals surface area (Å²) < 4.78 is 13.3. The maximum Gasteiger partial charge on any atom is 0.225 e. The van der Waals surface area contributed by atoms with Crippen LogP contribution in [0.25, 0.3) is 10.9 Å². The van der Waals surface area contributed by atoms with Crippen molar-refractivity contribution < 1.29 is 9.18 Å². The highest BCUT2D eigenvalue weighted by Gasteiger charge is 2.10. The molecule has 136 valence electrons. The Kier molecular flexibility index (Phi) is 5.59. The average molecular weight is 374 g/mol. The zero-order valence-corrected chi connectivity index (χ0v) is 15.5. The van der Waals surface area contributed by atoms with Crippen LogP contribution in [0, 0.1) is 12.7 Å². The molecule has 1 heterocycles. The Morgan fingerprint density at radius 1 is 1.27 bits per heavy atom. The van der Waals surface area contributed by atoms with Crippen molar-refractivity contribution in [3.05, 3.63) is 64.6 Å². The Morgan fingerprint density at radius 2 is 2.08 bits per heavy atom. The molecule has 2 aromatic carbocycles. The second-order valence-electron chi connectivity index (χ2n) is 6.47. The molecule has 0 spiro atoms. The molecule has 0 unspecified atom stereocenters. The van der Waals surface area contributed by atoms with E-state index < -0.39 is 0 Å². The van der Waals surface area contributed by atoms with Crippen LogP contribution in [-0.2, 0) is 11.3 Å². The molecule has 0 atom stereocenters. The number of carbonyl (C=O) groups excluding carboxylic acids is 1. The van der Waals surface area contributed by atoms with Gasteiger partial charge in [-0.15, -0.1) is 0 Å². The molecule has 4 nitrogen and oxygen atoms in total. The maximum absolute atomic E-state index is 13.3. The zero-order chi connectivity index (χ0) is 18.7. The predicted octanol–water partition coefficient (Wildman–Crippen LogP) is 4.73. The first-order valence-electron chi connectivity index (χ1n) is 8.43. The van der Waals surface area contributed by atoms with Gasteiger partial charge in [0.05, 0.1) is 0 Å². The van der Waals surface area contributed by atoms with Crippen molar-refractivity contribution in [2.24, 2.45) is 0 Å². The zero-order valence-electron chi connectivity index (χ0n) is 14.8. The topological polar surface area (TPSA) is 48.1 Å². The number of nitrogens with zero attached hydrogens (tertiary/aromatic N) is 1. The third kappa shape index (κ3) is 4.42. The number of amides is 1. The molecule has 3 rings (SSSR count). The molecule has 0 aliphatic rings. The number of benzene rings is 2. The predicted molar refractivity (Wildman–Crippen MR) is 104 cm³/mol. The van der Waals surface area contributed by atoms with Gasteiger partial charge in [0, 0.05) is 46.8 Å². The third-order valence-electron chi connectivity index (χ3n) is 4.34. The van der Waals surface area contributed by atoms with Crippen molar-refractivity contribution >= 4 is 34.1 Å². The van der Waals surface area contributed by atoms with E-state index in [2.05, 4.69) is 10.3 Å². The summed E-state index contributed by atoms with van der Waals surface area (Å²) in [5.74, 6) is -0.301. The molecule has 0 saturated heterocycles. The minimum atomic E-state index is -0.246. The van der Waals surface area contributed by atoms with Crippen LogP contribution >= 0.6 is 11.6 Å². The number of H-pyrrole nitrogens is 1. The van der Waals surface area contributed by atoms with Crippen LogP contribution in [-0.4, -0.2) is 29.4 Å². The summed E-state index contributed by atoms with van der Waals surface area (Å²) in [6.07, 6.45) is 0.372. The van der Waals surface area contributed by atoms with Crippen LogP contribution in [0.4, 0.5) is 10.1 Å². The minimum Gasteiger partial charge on any atom is -0.357 e. The van der Waals surface area contributed by atoms with Gasteiger partial charge in [0.2, 0.25) is 5.91 Å². The number of aromatic amines is 1. The van der Waals surface area contributed by atoms with Crippen molar-refractivity contribution in [2.45, 2.75) is 19.9 Å². The number of nitrogens with one attached hydrogen (secondary N) is 2. The van der Waals surface area contributed by atoms with Crippen LogP contribution in [0.2, 0.25) is 5.02 Å². The molecule has 0 aliphatic carbocycles. The number of fused-ring (bicyclic) bond motifs is 1. The van der Waals surface area contributed by atoms with E-state index in [-0.39, 0.29) is 11.7 Å². The van der Waals surface area contributed by atoms with Gasteiger partial charge in [-0.1, -0.05) is 17.7 Å². The first-order valence-corrected chi connectivity index (χ1v) is 8.81. The number of halogens is 2. The number of aromatic nitrogens is 1. The van der Waals surface area contributed by atoms with Gasteiger partial charge in [-0.3, -0.25) is 4.79 Å². The van der Waals surface area contributed by atoms with Crippen LogP contribution in [0.1, 0.15) is 17.7 Å². The van der Waals surface area contributed by atoms with Gasteiger partial charge in [0.1, 0.15) is 5.82 Å². The molecule has 0 saturated carbocycles.